The third kappa shape index (κ3) is 4.26. The molecule has 2 aromatic heterocycles. The predicted octanol–water partition coefficient (Wildman–Crippen LogP) is 2.95. The van der Waals surface area contributed by atoms with Crippen molar-refractivity contribution in [3.8, 4) is 11.1 Å². The van der Waals surface area contributed by atoms with Gasteiger partial charge in [0.15, 0.2) is 0 Å². The van der Waals surface area contributed by atoms with Crippen LogP contribution in [0.4, 0.5) is 0 Å². The number of amides is 1. The van der Waals surface area contributed by atoms with Crippen LogP contribution in [0.15, 0.2) is 40.5 Å². The number of aromatic nitrogens is 2. The third-order valence-electron chi connectivity index (χ3n) is 4.52. The summed E-state index contributed by atoms with van der Waals surface area (Å²) >= 11 is 1.47. The number of carbonyl (C=O) groups is 1. The van der Waals surface area contributed by atoms with Crippen LogP contribution in [-0.4, -0.2) is 52.4 Å². The Hall–Kier alpha value is -2.51. The van der Waals surface area contributed by atoms with Crippen molar-refractivity contribution < 1.29 is 4.79 Å². The first-order chi connectivity index (χ1) is 13.0. The Morgan fingerprint density at radius 1 is 1.19 bits per heavy atom. The molecule has 1 N–H and O–H groups in total. The molecule has 0 unspecified atom stereocenters. The van der Waals surface area contributed by atoms with Crippen LogP contribution in [-0.2, 0) is 11.3 Å². The molecule has 27 heavy (non-hydrogen) atoms. The van der Waals surface area contributed by atoms with Crippen LogP contribution in [0.2, 0.25) is 0 Å². The molecule has 7 heteroatoms. The lowest BCUT2D eigenvalue weighted by Crippen LogP contribution is -2.38. The van der Waals surface area contributed by atoms with Crippen LogP contribution >= 0.6 is 11.3 Å². The van der Waals surface area contributed by atoms with Crippen molar-refractivity contribution in [1.29, 1.82) is 0 Å². The van der Waals surface area contributed by atoms with Gasteiger partial charge in [0, 0.05) is 24.0 Å². The van der Waals surface area contributed by atoms with Crippen molar-refractivity contribution >= 4 is 27.5 Å². The van der Waals surface area contributed by atoms with Crippen LogP contribution in [0.5, 0.6) is 0 Å². The average Bonchev–Trinajstić information content (AvgIpc) is 3.08. The summed E-state index contributed by atoms with van der Waals surface area (Å²) in [6.07, 6.45) is 0. The Labute approximate surface area is 162 Å². The highest BCUT2D eigenvalue weighted by atomic mass is 32.1. The largest absolute Gasteiger partial charge is 0.342 e. The molecule has 0 radical (unpaired) electrons. The minimum Gasteiger partial charge on any atom is -0.342 e. The number of H-pyrrole nitrogens is 1. The second-order valence-corrected chi connectivity index (χ2v) is 7.30. The van der Waals surface area contributed by atoms with Crippen molar-refractivity contribution in [2.45, 2.75) is 20.4 Å². The maximum absolute atomic E-state index is 12.7. The number of nitrogens with zero attached hydrogens (tertiary/aromatic N) is 3. The molecule has 0 saturated carbocycles. The lowest BCUT2D eigenvalue weighted by molar-refractivity contribution is -0.131. The molecule has 0 fully saturated rings. The lowest BCUT2D eigenvalue weighted by atomic mass is 10.1. The Morgan fingerprint density at radius 3 is 2.56 bits per heavy atom. The van der Waals surface area contributed by atoms with E-state index >= 15 is 0 Å². The fraction of sp³-hybridized carbons (Fsp3) is 0.350. The first kappa shape index (κ1) is 19.3. The Balaban J connectivity index is 1.81. The third-order valence-corrected chi connectivity index (χ3v) is 5.39. The second-order valence-electron chi connectivity index (χ2n) is 6.45. The molecule has 6 nitrogen and oxygen atoms in total. The molecule has 2 heterocycles. The Bertz CT molecular complexity index is 977. The molecule has 0 atom stereocenters. The zero-order chi connectivity index (χ0) is 19.4. The summed E-state index contributed by atoms with van der Waals surface area (Å²) in [6.45, 7) is 6.04. The Morgan fingerprint density at radius 2 is 1.89 bits per heavy atom. The van der Waals surface area contributed by atoms with Gasteiger partial charge in [-0.15, -0.1) is 11.3 Å². The summed E-state index contributed by atoms with van der Waals surface area (Å²) in [4.78, 5) is 36.8. The number of likely N-dealkylation sites (N-methyl/N-ethyl adjacent to an activating group) is 2. The molecule has 142 valence electrons. The summed E-state index contributed by atoms with van der Waals surface area (Å²) in [5.41, 5.74) is 1.77. The van der Waals surface area contributed by atoms with E-state index in [1.165, 1.54) is 11.3 Å². The topological polar surface area (TPSA) is 69.3 Å². The fourth-order valence-corrected chi connectivity index (χ4v) is 4.08. The number of rotatable bonds is 7. The highest BCUT2D eigenvalue weighted by Gasteiger charge is 2.16. The van der Waals surface area contributed by atoms with Gasteiger partial charge in [0.25, 0.3) is 5.56 Å². The standard InChI is InChI=1S/C20H24N4O2S/c1-4-24(5-2)17(25)12-23(3)11-16-21-19(26)18-15(13-27-20(18)22-16)14-9-7-6-8-10-14/h6-10,13H,4-5,11-12H2,1-3H3,(H,21,22,26). The van der Waals surface area contributed by atoms with E-state index in [4.69, 9.17) is 0 Å². The summed E-state index contributed by atoms with van der Waals surface area (Å²) in [6, 6.07) is 9.84. The molecule has 0 aliphatic heterocycles. The monoisotopic (exact) mass is 384 g/mol. The van der Waals surface area contributed by atoms with E-state index in [2.05, 4.69) is 9.97 Å². The number of thiophene rings is 1. The molecule has 1 aromatic carbocycles. The fourth-order valence-electron chi connectivity index (χ4n) is 3.12. The Kier molecular flexibility index (Phi) is 6.03. The van der Waals surface area contributed by atoms with Gasteiger partial charge in [-0.1, -0.05) is 30.3 Å². The number of fused-ring (bicyclic) bond motifs is 1. The van der Waals surface area contributed by atoms with E-state index in [0.717, 1.165) is 16.0 Å². The molecule has 3 aromatic rings. The minimum atomic E-state index is -0.140. The van der Waals surface area contributed by atoms with Crippen LogP contribution in [0.1, 0.15) is 19.7 Å². The van der Waals surface area contributed by atoms with E-state index in [9.17, 15) is 9.59 Å². The highest BCUT2D eigenvalue weighted by Crippen LogP contribution is 2.30. The molecule has 0 spiro atoms. The van der Waals surface area contributed by atoms with Gasteiger partial charge in [-0.05, 0) is 26.5 Å². The number of hydrogen-bond acceptors (Lipinski definition) is 5. The van der Waals surface area contributed by atoms with Gasteiger partial charge >= 0.3 is 0 Å². The van der Waals surface area contributed by atoms with E-state index in [0.29, 0.717) is 37.4 Å². The van der Waals surface area contributed by atoms with Gasteiger partial charge < -0.3 is 9.88 Å². The van der Waals surface area contributed by atoms with Gasteiger partial charge in [0.2, 0.25) is 5.91 Å². The molecule has 0 aliphatic carbocycles. The van der Waals surface area contributed by atoms with Crippen molar-refractivity contribution in [3.63, 3.8) is 0 Å². The maximum Gasteiger partial charge on any atom is 0.260 e. The molecule has 0 bridgehead atoms. The number of carbonyl (C=O) groups excluding carboxylic acids is 1. The molecule has 1 amide bonds. The number of benzene rings is 1. The maximum atomic E-state index is 12.7. The van der Waals surface area contributed by atoms with Gasteiger partial charge in [0.05, 0.1) is 18.5 Å². The normalized spacial score (nSPS) is 11.3. The highest BCUT2D eigenvalue weighted by molar-refractivity contribution is 7.17. The first-order valence-corrected chi connectivity index (χ1v) is 9.93. The second kappa shape index (κ2) is 8.45. The molecule has 0 aliphatic rings. The van der Waals surface area contributed by atoms with Crippen LogP contribution in [0, 0.1) is 0 Å². The first-order valence-electron chi connectivity index (χ1n) is 9.05. The zero-order valence-corrected chi connectivity index (χ0v) is 16.7. The minimum absolute atomic E-state index is 0.0772. The molecular formula is C20H24N4O2S. The van der Waals surface area contributed by atoms with E-state index in [1.54, 1.807) is 4.90 Å². The van der Waals surface area contributed by atoms with Crippen molar-refractivity contribution in [2.24, 2.45) is 0 Å². The summed E-state index contributed by atoms with van der Waals surface area (Å²) in [5.74, 6) is 0.650. The van der Waals surface area contributed by atoms with Crippen LogP contribution in [0.3, 0.4) is 0 Å². The smallest absolute Gasteiger partial charge is 0.260 e. The quantitative estimate of drug-likeness (QED) is 0.680. The van der Waals surface area contributed by atoms with Crippen molar-refractivity contribution in [1.82, 2.24) is 19.8 Å². The summed E-state index contributed by atoms with van der Waals surface area (Å²) in [5, 5.41) is 2.59. The van der Waals surface area contributed by atoms with Gasteiger partial charge in [-0.3, -0.25) is 14.5 Å². The van der Waals surface area contributed by atoms with Crippen LogP contribution in [0.25, 0.3) is 21.3 Å². The van der Waals surface area contributed by atoms with Gasteiger partial charge in [-0.25, -0.2) is 4.98 Å². The van der Waals surface area contributed by atoms with Crippen molar-refractivity contribution in [2.75, 3.05) is 26.7 Å². The van der Waals surface area contributed by atoms with Crippen molar-refractivity contribution in [3.05, 3.63) is 51.9 Å². The van der Waals surface area contributed by atoms with Gasteiger partial charge in [0.1, 0.15) is 10.7 Å². The summed E-state index contributed by atoms with van der Waals surface area (Å²) in [7, 11) is 1.86. The van der Waals surface area contributed by atoms with Gasteiger partial charge in [-0.2, -0.15) is 0 Å². The summed E-state index contributed by atoms with van der Waals surface area (Å²) < 4.78 is 0. The van der Waals surface area contributed by atoms with E-state index in [-0.39, 0.29) is 11.5 Å². The SMILES string of the molecule is CCN(CC)C(=O)CN(C)Cc1nc2scc(-c3ccccc3)c2c(=O)[nH]1. The number of aromatic amines is 1. The lowest BCUT2D eigenvalue weighted by Gasteiger charge is -2.22. The number of nitrogens with one attached hydrogen (secondary N) is 1. The molecule has 3 rings (SSSR count). The van der Waals surface area contributed by atoms with E-state index < -0.39 is 0 Å². The zero-order valence-electron chi connectivity index (χ0n) is 15.9. The van der Waals surface area contributed by atoms with Crippen LogP contribution < -0.4 is 5.56 Å². The molecule has 0 saturated heterocycles. The number of hydrogen-bond donors (Lipinski definition) is 1. The van der Waals surface area contributed by atoms with E-state index in [1.807, 2.05) is 61.5 Å². The average molecular weight is 385 g/mol. The molecular weight excluding hydrogens is 360 g/mol. The predicted molar refractivity (Wildman–Crippen MR) is 110 cm³/mol.